The van der Waals surface area contributed by atoms with E-state index in [9.17, 15) is 4.79 Å². The van der Waals surface area contributed by atoms with Crippen molar-refractivity contribution in [2.75, 3.05) is 25.5 Å². The first-order chi connectivity index (χ1) is 11.5. The number of halogens is 1. The second-order valence-corrected chi connectivity index (χ2v) is 6.92. The minimum absolute atomic E-state index is 0.0349. The van der Waals surface area contributed by atoms with Crippen LogP contribution in [0.5, 0.6) is 0 Å². The molecule has 1 aromatic heterocycles. The number of nitrogens with zero attached hydrogens (tertiary/aromatic N) is 3. The second-order valence-electron chi connectivity index (χ2n) is 6.51. The second kappa shape index (κ2) is 7.36. The van der Waals surface area contributed by atoms with Crippen LogP contribution in [0.3, 0.4) is 0 Å². The number of nitrogens with one attached hydrogen (secondary N) is 1. The van der Waals surface area contributed by atoms with E-state index in [1.807, 2.05) is 37.3 Å². The van der Waals surface area contributed by atoms with E-state index in [1.54, 1.807) is 4.68 Å². The van der Waals surface area contributed by atoms with E-state index in [-0.39, 0.29) is 11.8 Å². The number of benzene rings is 1. The van der Waals surface area contributed by atoms with Crippen molar-refractivity contribution < 1.29 is 4.79 Å². The number of likely N-dealkylation sites (tertiary alicyclic amines) is 1. The largest absolute Gasteiger partial charge is 0.311 e. The van der Waals surface area contributed by atoms with Gasteiger partial charge in [0.1, 0.15) is 5.82 Å². The lowest BCUT2D eigenvalue weighted by atomic mass is 9.98. The van der Waals surface area contributed by atoms with Crippen LogP contribution in [0.4, 0.5) is 5.82 Å². The van der Waals surface area contributed by atoms with E-state index >= 15 is 0 Å². The topological polar surface area (TPSA) is 50.2 Å². The van der Waals surface area contributed by atoms with Gasteiger partial charge in [-0.15, -0.1) is 0 Å². The minimum Gasteiger partial charge on any atom is -0.311 e. The lowest BCUT2D eigenvalue weighted by molar-refractivity contribution is -0.121. The molecule has 3 rings (SSSR count). The van der Waals surface area contributed by atoms with Crippen molar-refractivity contribution in [1.82, 2.24) is 14.7 Å². The van der Waals surface area contributed by atoms with Crippen LogP contribution in [0, 0.1) is 12.8 Å². The smallest absolute Gasteiger partial charge is 0.229 e. The molecule has 1 fully saturated rings. The van der Waals surface area contributed by atoms with Gasteiger partial charge in [-0.2, -0.15) is 5.10 Å². The molecule has 1 aliphatic heterocycles. The molecule has 2 aromatic rings. The summed E-state index contributed by atoms with van der Waals surface area (Å²) in [7, 11) is 2.06. The molecule has 0 aliphatic carbocycles. The Bertz CT molecular complexity index is 728. The van der Waals surface area contributed by atoms with Crippen molar-refractivity contribution in [1.29, 1.82) is 0 Å². The molecule has 0 bridgehead atoms. The minimum atomic E-state index is 0.0349. The maximum absolute atomic E-state index is 12.6. The zero-order valence-corrected chi connectivity index (χ0v) is 14.9. The molecule has 5 nitrogen and oxygen atoms in total. The van der Waals surface area contributed by atoms with Gasteiger partial charge >= 0.3 is 0 Å². The maximum atomic E-state index is 12.6. The average molecular weight is 347 g/mol. The number of hydrogen-bond donors (Lipinski definition) is 1. The molecule has 6 heteroatoms. The lowest BCUT2D eigenvalue weighted by Gasteiger charge is -2.28. The number of anilines is 1. The summed E-state index contributed by atoms with van der Waals surface area (Å²) in [6, 6.07) is 9.60. The van der Waals surface area contributed by atoms with Gasteiger partial charge < -0.3 is 10.2 Å². The summed E-state index contributed by atoms with van der Waals surface area (Å²) >= 11 is 6.24. The van der Waals surface area contributed by atoms with Crippen LogP contribution >= 0.6 is 11.6 Å². The van der Waals surface area contributed by atoms with Gasteiger partial charge in [0.2, 0.25) is 5.91 Å². The zero-order valence-electron chi connectivity index (χ0n) is 14.1. The molecule has 0 spiro atoms. The highest BCUT2D eigenvalue weighted by Crippen LogP contribution is 2.21. The van der Waals surface area contributed by atoms with Gasteiger partial charge in [0.05, 0.1) is 18.2 Å². The summed E-state index contributed by atoms with van der Waals surface area (Å²) in [6.45, 7) is 4.33. The highest BCUT2D eigenvalue weighted by Gasteiger charge is 2.24. The Labute approximate surface area is 147 Å². The Morgan fingerprint density at radius 1 is 1.42 bits per heavy atom. The van der Waals surface area contributed by atoms with Crippen molar-refractivity contribution in [2.24, 2.45) is 5.92 Å². The Morgan fingerprint density at radius 3 is 2.96 bits per heavy atom. The Balaban J connectivity index is 1.74. The Kier molecular flexibility index (Phi) is 5.21. The van der Waals surface area contributed by atoms with E-state index in [4.69, 9.17) is 11.6 Å². The van der Waals surface area contributed by atoms with Crippen LogP contribution in [-0.2, 0) is 11.3 Å². The van der Waals surface area contributed by atoms with Crippen LogP contribution in [-0.4, -0.2) is 40.7 Å². The number of piperidine rings is 1. The monoisotopic (exact) mass is 346 g/mol. The van der Waals surface area contributed by atoms with Crippen LogP contribution < -0.4 is 5.32 Å². The van der Waals surface area contributed by atoms with Crippen molar-refractivity contribution in [3.05, 3.63) is 46.6 Å². The predicted octanol–water partition coefficient (Wildman–Crippen LogP) is 3.17. The van der Waals surface area contributed by atoms with Gasteiger partial charge in [-0.3, -0.25) is 4.79 Å². The van der Waals surface area contributed by atoms with E-state index in [2.05, 4.69) is 22.4 Å². The fourth-order valence-corrected chi connectivity index (χ4v) is 3.36. The number of amides is 1. The SMILES string of the molecule is Cc1cc(NC(=O)C2CCCN(C)C2)n(Cc2ccccc2Cl)n1. The van der Waals surface area contributed by atoms with Crippen molar-refractivity contribution in [3.63, 3.8) is 0 Å². The molecule has 128 valence electrons. The first-order valence-electron chi connectivity index (χ1n) is 8.30. The molecule has 0 saturated carbocycles. The van der Waals surface area contributed by atoms with Gasteiger partial charge in [0.25, 0.3) is 0 Å². The van der Waals surface area contributed by atoms with Gasteiger partial charge in [0.15, 0.2) is 0 Å². The molecule has 1 unspecified atom stereocenters. The molecule has 1 aliphatic rings. The molecule has 1 amide bonds. The van der Waals surface area contributed by atoms with Gasteiger partial charge in [-0.25, -0.2) is 4.68 Å². The molecule has 1 N–H and O–H groups in total. The third-order valence-electron chi connectivity index (χ3n) is 4.43. The molecule has 1 atom stereocenters. The van der Waals surface area contributed by atoms with Crippen LogP contribution in [0.1, 0.15) is 24.1 Å². The summed E-state index contributed by atoms with van der Waals surface area (Å²) in [5.74, 6) is 0.834. The third kappa shape index (κ3) is 3.97. The van der Waals surface area contributed by atoms with Gasteiger partial charge in [-0.05, 0) is 45.0 Å². The van der Waals surface area contributed by atoms with Crippen LogP contribution in [0.2, 0.25) is 5.02 Å². The standard InChI is InChI=1S/C18H23ClN4O/c1-13-10-17(20-18(24)15-7-5-9-22(2)11-15)23(21-13)12-14-6-3-4-8-16(14)19/h3-4,6,8,10,15H,5,7,9,11-12H2,1-2H3,(H,20,24). The molecular formula is C18H23ClN4O. The van der Waals surface area contributed by atoms with E-state index in [1.165, 1.54) is 0 Å². The fourth-order valence-electron chi connectivity index (χ4n) is 3.16. The fraction of sp³-hybridized carbons (Fsp3) is 0.444. The van der Waals surface area contributed by atoms with E-state index in [0.29, 0.717) is 11.6 Å². The predicted molar refractivity (Wildman–Crippen MR) is 96.4 cm³/mol. The number of rotatable bonds is 4. The summed E-state index contributed by atoms with van der Waals surface area (Å²) in [5, 5.41) is 8.25. The molecular weight excluding hydrogens is 324 g/mol. The van der Waals surface area contributed by atoms with Gasteiger partial charge in [0, 0.05) is 17.6 Å². The summed E-state index contributed by atoms with van der Waals surface area (Å²) in [4.78, 5) is 14.8. The lowest BCUT2D eigenvalue weighted by Crippen LogP contribution is -2.38. The first kappa shape index (κ1) is 17.0. The normalized spacial score (nSPS) is 18.5. The number of aromatic nitrogens is 2. The molecule has 24 heavy (non-hydrogen) atoms. The van der Waals surface area contributed by atoms with Crippen molar-refractivity contribution in [2.45, 2.75) is 26.3 Å². The summed E-state index contributed by atoms with van der Waals surface area (Å²) < 4.78 is 1.81. The zero-order chi connectivity index (χ0) is 17.1. The summed E-state index contributed by atoms with van der Waals surface area (Å²) in [6.07, 6.45) is 2.00. The molecule has 1 aromatic carbocycles. The van der Waals surface area contributed by atoms with E-state index in [0.717, 1.165) is 43.0 Å². The van der Waals surface area contributed by atoms with Crippen LogP contribution in [0.15, 0.2) is 30.3 Å². The first-order valence-corrected chi connectivity index (χ1v) is 8.68. The van der Waals surface area contributed by atoms with Crippen LogP contribution in [0.25, 0.3) is 0 Å². The third-order valence-corrected chi connectivity index (χ3v) is 4.80. The van der Waals surface area contributed by atoms with Crippen molar-refractivity contribution in [3.8, 4) is 0 Å². The number of aryl methyl sites for hydroxylation is 1. The highest BCUT2D eigenvalue weighted by molar-refractivity contribution is 6.31. The quantitative estimate of drug-likeness (QED) is 0.925. The number of carbonyl (C=O) groups excluding carboxylic acids is 1. The maximum Gasteiger partial charge on any atom is 0.229 e. The van der Waals surface area contributed by atoms with Gasteiger partial charge in [-0.1, -0.05) is 29.8 Å². The molecule has 1 saturated heterocycles. The highest BCUT2D eigenvalue weighted by atomic mass is 35.5. The average Bonchev–Trinajstić information content (AvgIpc) is 2.89. The molecule has 2 heterocycles. The van der Waals surface area contributed by atoms with E-state index < -0.39 is 0 Å². The Hall–Kier alpha value is -1.85. The number of carbonyl (C=O) groups is 1. The number of hydrogen-bond acceptors (Lipinski definition) is 3. The summed E-state index contributed by atoms with van der Waals surface area (Å²) in [5.41, 5.74) is 1.85. The Morgan fingerprint density at radius 2 is 2.21 bits per heavy atom. The van der Waals surface area contributed by atoms with Crippen molar-refractivity contribution >= 4 is 23.3 Å². The molecule has 0 radical (unpaired) electrons.